The third-order valence-electron chi connectivity index (χ3n) is 2.59. The molecule has 0 aliphatic rings. The lowest BCUT2D eigenvalue weighted by molar-refractivity contribution is 0.592. The van der Waals surface area contributed by atoms with E-state index in [2.05, 4.69) is 21.2 Å². The predicted octanol–water partition coefficient (Wildman–Crippen LogP) is 4.36. The largest absolute Gasteiger partial charge is 0.399 e. The fourth-order valence-corrected chi connectivity index (χ4v) is 1.96. The Morgan fingerprint density at radius 1 is 1.17 bits per heavy atom. The van der Waals surface area contributed by atoms with E-state index in [4.69, 9.17) is 5.73 Å². The van der Waals surface area contributed by atoms with Crippen molar-refractivity contribution in [2.45, 2.75) is 6.92 Å². The van der Waals surface area contributed by atoms with Crippen molar-refractivity contribution in [1.29, 1.82) is 0 Å². The van der Waals surface area contributed by atoms with Gasteiger partial charge < -0.3 is 11.1 Å². The van der Waals surface area contributed by atoms with Crippen LogP contribution in [0.3, 0.4) is 0 Å². The Bertz CT molecular complexity index is 577. The van der Waals surface area contributed by atoms with Crippen LogP contribution in [-0.4, -0.2) is 0 Å². The molecule has 2 aromatic carbocycles. The summed E-state index contributed by atoms with van der Waals surface area (Å²) in [4.78, 5) is 0. The van der Waals surface area contributed by atoms with Crippen LogP contribution in [0.25, 0.3) is 0 Å². The van der Waals surface area contributed by atoms with Gasteiger partial charge in [-0.2, -0.15) is 0 Å². The van der Waals surface area contributed by atoms with Crippen LogP contribution < -0.4 is 11.1 Å². The number of benzene rings is 2. The molecule has 94 valence electrons. The molecule has 2 aromatic rings. The van der Waals surface area contributed by atoms with Crippen LogP contribution >= 0.6 is 15.9 Å². The highest BCUT2D eigenvalue weighted by molar-refractivity contribution is 9.10. The van der Waals surface area contributed by atoms with Crippen molar-refractivity contribution >= 4 is 33.0 Å². The van der Waals surface area contributed by atoms with Gasteiger partial charge in [0, 0.05) is 15.8 Å². The Balaban J connectivity index is 2.43. The van der Waals surface area contributed by atoms with Gasteiger partial charge >= 0.3 is 0 Å². The average Bonchev–Trinajstić information content (AvgIpc) is 2.28. The number of rotatable bonds is 2. The van der Waals surface area contributed by atoms with E-state index in [0.29, 0.717) is 5.69 Å². The summed E-state index contributed by atoms with van der Waals surface area (Å²) in [6.07, 6.45) is 0. The molecule has 2 rings (SSSR count). The zero-order valence-electron chi connectivity index (χ0n) is 9.60. The first kappa shape index (κ1) is 12.8. The Morgan fingerprint density at radius 2 is 1.78 bits per heavy atom. The van der Waals surface area contributed by atoms with E-state index < -0.39 is 11.6 Å². The molecular formula is C13H11BrF2N2. The minimum absolute atomic E-state index is 0.0570. The van der Waals surface area contributed by atoms with Crippen molar-refractivity contribution in [2.75, 3.05) is 11.1 Å². The zero-order valence-corrected chi connectivity index (χ0v) is 11.2. The number of nitrogen functional groups attached to an aromatic ring is 1. The van der Waals surface area contributed by atoms with Crippen LogP contribution in [0.15, 0.2) is 34.8 Å². The number of nitrogens with two attached hydrogens (primary N) is 1. The lowest BCUT2D eigenvalue weighted by Gasteiger charge is -2.12. The van der Waals surface area contributed by atoms with Crippen LogP contribution in [0.5, 0.6) is 0 Å². The summed E-state index contributed by atoms with van der Waals surface area (Å²) in [5, 5.41) is 2.74. The van der Waals surface area contributed by atoms with E-state index in [9.17, 15) is 8.78 Å². The third kappa shape index (κ3) is 2.46. The molecule has 0 radical (unpaired) electrons. The average molecular weight is 313 g/mol. The van der Waals surface area contributed by atoms with Crippen molar-refractivity contribution < 1.29 is 8.78 Å². The SMILES string of the molecule is Cc1c(Br)cccc1Nc1c(F)cc(N)cc1F. The highest BCUT2D eigenvalue weighted by atomic mass is 79.9. The van der Waals surface area contributed by atoms with Gasteiger partial charge in [0.25, 0.3) is 0 Å². The van der Waals surface area contributed by atoms with Gasteiger partial charge in [0.1, 0.15) is 5.69 Å². The molecule has 0 heterocycles. The fourth-order valence-electron chi connectivity index (χ4n) is 1.59. The summed E-state index contributed by atoms with van der Waals surface area (Å²) >= 11 is 3.36. The van der Waals surface area contributed by atoms with Gasteiger partial charge in [-0.15, -0.1) is 0 Å². The molecule has 18 heavy (non-hydrogen) atoms. The minimum atomic E-state index is -0.716. The maximum Gasteiger partial charge on any atom is 0.151 e. The van der Waals surface area contributed by atoms with Gasteiger partial charge in [0.05, 0.1) is 0 Å². The van der Waals surface area contributed by atoms with E-state index in [1.807, 2.05) is 13.0 Å². The quantitative estimate of drug-likeness (QED) is 0.808. The van der Waals surface area contributed by atoms with E-state index in [1.165, 1.54) is 0 Å². The second kappa shape index (κ2) is 4.94. The predicted molar refractivity (Wildman–Crippen MR) is 72.9 cm³/mol. The monoisotopic (exact) mass is 312 g/mol. The van der Waals surface area contributed by atoms with E-state index >= 15 is 0 Å². The number of halogens is 3. The van der Waals surface area contributed by atoms with Crippen LogP contribution in [0.2, 0.25) is 0 Å². The Morgan fingerprint density at radius 3 is 2.39 bits per heavy atom. The van der Waals surface area contributed by atoms with Gasteiger partial charge in [-0.1, -0.05) is 22.0 Å². The summed E-state index contributed by atoms with van der Waals surface area (Å²) in [5.41, 5.74) is 6.71. The molecule has 0 amide bonds. The van der Waals surface area contributed by atoms with E-state index in [0.717, 1.165) is 22.2 Å². The molecule has 3 N–H and O–H groups in total. The van der Waals surface area contributed by atoms with Crippen LogP contribution in [-0.2, 0) is 0 Å². The summed E-state index contributed by atoms with van der Waals surface area (Å²) in [7, 11) is 0. The van der Waals surface area contributed by atoms with Crippen molar-refractivity contribution in [2.24, 2.45) is 0 Å². The highest BCUT2D eigenvalue weighted by Crippen LogP contribution is 2.30. The molecule has 0 spiro atoms. The molecule has 2 nitrogen and oxygen atoms in total. The maximum atomic E-state index is 13.6. The molecule has 5 heteroatoms. The molecule has 0 aliphatic heterocycles. The van der Waals surface area contributed by atoms with E-state index in [-0.39, 0.29) is 11.4 Å². The van der Waals surface area contributed by atoms with Crippen molar-refractivity contribution in [3.8, 4) is 0 Å². The molecule has 0 bridgehead atoms. The molecule has 0 unspecified atom stereocenters. The molecule has 0 saturated carbocycles. The first-order chi connectivity index (χ1) is 8.49. The molecule has 0 aliphatic carbocycles. The lowest BCUT2D eigenvalue weighted by Crippen LogP contribution is -2.01. The minimum Gasteiger partial charge on any atom is -0.399 e. The second-order valence-corrected chi connectivity index (χ2v) is 4.75. The Hall–Kier alpha value is -1.62. The lowest BCUT2D eigenvalue weighted by atomic mass is 10.2. The summed E-state index contributed by atoms with van der Waals surface area (Å²) in [5.74, 6) is -1.43. The topological polar surface area (TPSA) is 38.0 Å². The molecule has 0 saturated heterocycles. The number of hydrogen-bond acceptors (Lipinski definition) is 2. The normalized spacial score (nSPS) is 10.4. The third-order valence-corrected chi connectivity index (χ3v) is 3.45. The summed E-state index contributed by atoms with van der Waals surface area (Å²) in [6, 6.07) is 7.55. The number of anilines is 3. The van der Waals surface area contributed by atoms with Gasteiger partial charge in [-0.3, -0.25) is 0 Å². The zero-order chi connectivity index (χ0) is 13.3. The standard InChI is InChI=1S/C13H11BrF2N2/c1-7-9(14)3-2-4-12(7)18-13-10(15)5-8(17)6-11(13)16/h2-6,18H,17H2,1H3. The maximum absolute atomic E-state index is 13.6. The van der Waals surface area contributed by atoms with Crippen LogP contribution in [0.1, 0.15) is 5.56 Å². The second-order valence-electron chi connectivity index (χ2n) is 3.90. The molecular weight excluding hydrogens is 302 g/mol. The molecule has 0 fully saturated rings. The molecule has 0 atom stereocenters. The van der Waals surface area contributed by atoms with Crippen molar-refractivity contribution in [1.82, 2.24) is 0 Å². The van der Waals surface area contributed by atoms with Gasteiger partial charge in [-0.25, -0.2) is 8.78 Å². The first-order valence-electron chi connectivity index (χ1n) is 5.25. The van der Waals surface area contributed by atoms with Crippen molar-refractivity contribution in [3.05, 3.63) is 52.0 Å². The number of hydrogen-bond donors (Lipinski definition) is 2. The smallest absolute Gasteiger partial charge is 0.151 e. The highest BCUT2D eigenvalue weighted by Gasteiger charge is 2.12. The summed E-state index contributed by atoms with van der Waals surface area (Å²) < 4.78 is 28.1. The van der Waals surface area contributed by atoms with Gasteiger partial charge in [0.2, 0.25) is 0 Å². The van der Waals surface area contributed by atoms with Crippen molar-refractivity contribution in [3.63, 3.8) is 0 Å². The van der Waals surface area contributed by atoms with E-state index in [1.54, 1.807) is 12.1 Å². The fraction of sp³-hybridized carbons (Fsp3) is 0.0769. The van der Waals surface area contributed by atoms with Crippen LogP contribution in [0.4, 0.5) is 25.8 Å². The Kier molecular flexibility index (Phi) is 3.52. The van der Waals surface area contributed by atoms with Crippen LogP contribution in [0, 0.1) is 18.6 Å². The Labute approximate surface area is 112 Å². The molecule has 0 aromatic heterocycles. The van der Waals surface area contributed by atoms with Gasteiger partial charge in [-0.05, 0) is 36.8 Å². The first-order valence-corrected chi connectivity index (χ1v) is 6.05. The summed E-state index contributed by atoms with van der Waals surface area (Å²) in [6.45, 7) is 1.85. The number of nitrogens with one attached hydrogen (secondary N) is 1. The van der Waals surface area contributed by atoms with Gasteiger partial charge in [0.15, 0.2) is 11.6 Å².